The quantitative estimate of drug-likeness (QED) is 0.303. The topological polar surface area (TPSA) is 92.8 Å². The second-order valence-corrected chi connectivity index (χ2v) is 12.7. The van der Waals surface area contributed by atoms with Gasteiger partial charge in [0.15, 0.2) is 0 Å². The fraction of sp³-hybridized carbons (Fsp3) is 0.360. The number of piperidine rings is 1. The average molecular weight is 615 g/mol. The molecule has 2 aromatic rings. The Balaban J connectivity index is 1.42. The molecule has 2 heterocycles. The largest absolute Gasteiger partial charge is 0.460 e. The number of amides is 3. The number of hydrogen-bond donors (Lipinski definition) is 1. The highest BCUT2D eigenvalue weighted by Crippen LogP contribution is 2.61. The fourth-order valence-electron chi connectivity index (χ4n) is 5.14. The molecule has 0 spiro atoms. The zero-order valence-corrected chi connectivity index (χ0v) is 22.6. The maximum absolute atomic E-state index is 13.3. The molecule has 1 N–H and O–H groups in total. The van der Waals surface area contributed by atoms with Gasteiger partial charge in [-0.15, -0.1) is 0 Å². The molecule has 1 saturated carbocycles. The van der Waals surface area contributed by atoms with Crippen molar-refractivity contribution in [1.29, 1.82) is 0 Å². The smallest absolute Gasteiger partial charge is 0.317 e. The molecule has 0 aromatic heterocycles. The Morgan fingerprint density at radius 2 is 1.86 bits per heavy atom. The molecule has 0 bridgehead atoms. The molecule has 188 valence electrons. The molecule has 7 nitrogen and oxygen atoms in total. The zero-order chi connectivity index (χ0) is 25.8. The summed E-state index contributed by atoms with van der Waals surface area (Å²) in [4.78, 5) is 51.9. The van der Waals surface area contributed by atoms with Gasteiger partial charge < -0.3 is 9.64 Å². The molecule has 1 saturated heterocycles. The van der Waals surface area contributed by atoms with Crippen molar-refractivity contribution in [3.05, 3.63) is 69.2 Å². The minimum Gasteiger partial charge on any atom is -0.460 e. The van der Waals surface area contributed by atoms with Crippen molar-refractivity contribution in [2.45, 2.75) is 47.0 Å². The molecule has 3 amide bonds. The van der Waals surface area contributed by atoms with Crippen LogP contribution in [-0.4, -0.2) is 45.0 Å². The van der Waals surface area contributed by atoms with Gasteiger partial charge in [-0.1, -0.05) is 75.0 Å². The van der Waals surface area contributed by atoms with Crippen LogP contribution in [0.2, 0.25) is 0 Å². The van der Waals surface area contributed by atoms with Crippen LogP contribution in [0.5, 0.6) is 0 Å². The number of hydrogen-bond acceptors (Lipinski definition) is 5. The highest BCUT2D eigenvalue weighted by atomic mass is 79.9. The van der Waals surface area contributed by atoms with Gasteiger partial charge in [0.2, 0.25) is 15.6 Å². The van der Waals surface area contributed by atoms with E-state index in [1.54, 1.807) is 6.07 Å². The second-order valence-electron chi connectivity index (χ2n) is 9.24. The molecular formula is C25H20BrCl3N2O5. The van der Waals surface area contributed by atoms with Crippen LogP contribution in [0, 0.1) is 0 Å². The van der Waals surface area contributed by atoms with Gasteiger partial charge in [-0.05, 0) is 47.7 Å². The van der Waals surface area contributed by atoms with E-state index in [-0.39, 0.29) is 37.3 Å². The van der Waals surface area contributed by atoms with Crippen LogP contribution < -0.4 is 5.32 Å². The Morgan fingerprint density at radius 3 is 2.53 bits per heavy atom. The lowest BCUT2D eigenvalue weighted by atomic mass is 9.90. The molecule has 2 aliphatic heterocycles. The Hall–Kier alpha value is -2.13. The van der Waals surface area contributed by atoms with Crippen molar-refractivity contribution in [3.8, 4) is 0 Å². The number of fused-ring (bicyclic) bond motifs is 1. The van der Waals surface area contributed by atoms with Gasteiger partial charge in [-0.25, -0.2) is 0 Å². The first kappa shape index (κ1) is 25.5. The highest BCUT2D eigenvalue weighted by Gasteiger charge is 2.63. The van der Waals surface area contributed by atoms with Crippen LogP contribution in [0.15, 0.2) is 46.9 Å². The summed E-state index contributed by atoms with van der Waals surface area (Å²) in [7, 11) is 0. The van der Waals surface area contributed by atoms with E-state index in [0.29, 0.717) is 18.4 Å². The van der Waals surface area contributed by atoms with Gasteiger partial charge in [0.05, 0.1) is 0 Å². The number of esters is 1. The van der Waals surface area contributed by atoms with Crippen molar-refractivity contribution in [1.82, 2.24) is 10.2 Å². The van der Waals surface area contributed by atoms with E-state index in [4.69, 9.17) is 39.5 Å². The minimum atomic E-state index is -1.74. The van der Waals surface area contributed by atoms with Gasteiger partial charge in [0, 0.05) is 28.9 Å². The normalized spacial score (nSPS) is 25.4. The van der Waals surface area contributed by atoms with Gasteiger partial charge >= 0.3 is 5.97 Å². The number of rotatable bonds is 5. The number of halogens is 4. The van der Waals surface area contributed by atoms with Crippen molar-refractivity contribution >= 4 is 74.4 Å². The van der Waals surface area contributed by atoms with E-state index in [9.17, 15) is 19.2 Å². The summed E-state index contributed by atoms with van der Waals surface area (Å²) >= 11 is 20.8. The summed E-state index contributed by atoms with van der Waals surface area (Å²) < 4.78 is 4.54. The first-order valence-corrected chi connectivity index (χ1v) is 13.2. The molecule has 0 radical (unpaired) electrons. The molecule has 3 atom stereocenters. The molecular weight excluding hydrogens is 595 g/mol. The maximum Gasteiger partial charge on any atom is 0.317 e. The number of nitrogens with one attached hydrogen (secondary N) is 1. The lowest BCUT2D eigenvalue weighted by molar-refractivity contribution is -0.147. The number of carbonyl (C=O) groups excluding carboxylic acids is 4. The van der Waals surface area contributed by atoms with Gasteiger partial charge in [-0.3, -0.25) is 24.5 Å². The SMILES string of the molecule is O=C1CCC(N2Cc3ccc([C@H]4C[C@@]4(C(=O)OCC(Cl)(Cl)Cl)c4ccc(Br)cc4)cc3C2=O)C(=O)N1. The van der Waals surface area contributed by atoms with E-state index in [1.165, 1.54) is 4.90 Å². The lowest BCUT2D eigenvalue weighted by Gasteiger charge is -2.29. The van der Waals surface area contributed by atoms with E-state index in [0.717, 1.165) is 21.2 Å². The number of alkyl halides is 3. The summed E-state index contributed by atoms with van der Waals surface area (Å²) in [5.41, 5.74) is 1.88. The van der Waals surface area contributed by atoms with Crippen molar-refractivity contribution in [2.24, 2.45) is 0 Å². The number of ether oxygens (including phenoxy) is 1. The van der Waals surface area contributed by atoms with Gasteiger partial charge in [0.25, 0.3) is 5.91 Å². The predicted molar refractivity (Wildman–Crippen MR) is 137 cm³/mol. The van der Waals surface area contributed by atoms with Crippen molar-refractivity contribution in [2.75, 3.05) is 6.61 Å². The third-order valence-electron chi connectivity index (χ3n) is 7.01. The van der Waals surface area contributed by atoms with E-state index in [2.05, 4.69) is 21.2 Å². The number of benzene rings is 2. The average Bonchev–Trinajstić information content (AvgIpc) is 3.50. The summed E-state index contributed by atoms with van der Waals surface area (Å²) in [6.07, 6.45) is 0.953. The van der Waals surface area contributed by atoms with Crippen LogP contribution >= 0.6 is 50.7 Å². The molecule has 5 rings (SSSR count). The van der Waals surface area contributed by atoms with Crippen LogP contribution in [0.4, 0.5) is 0 Å². The summed E-state index contributed by atoms with van der Waals surface area (Å²) in [6.45, 7) is -0.0976. The van der Waals surface area contributed by atoms with Gasteiger partial charge in [0.1, 0.15) is 18.1 Å². The molecule has 1 unspecified atom stereocenters. The maximum atomic E-state index is 13.3. The minimum absolute atomic E-state index is 0.190. The molecule has 11 heteroatoms. The number of imide groups is 1. The van der Waals surface area contributed by atoms with Gasteiger partial charge in [-0.2, -0.15) is 0 Å². The summed E-state index contributed by atoms with van der Waals surface area (Å²) in [5, 5.41) is 2.31. The Bertz CT molecular complexity index is 1280. The van der Waals surface area contributed by atoms with E-state index < -0.39 is 27.1 Å². The van der Waals surface area contributed by atoms with Crippen LogP contribution in [0.1, 0.15) is 52.2 Å². The first-order chi connectivity index (χ1) is 17.0. The Kier molecular flexibility index (Phi) is 6.60. The fourth-order valence-corrected chi connectivity index (χ4v) is 5.57. The predicted octanol–water partition coefficient (Wildman–Crippen LogP) is 4.55. The van der Waals surface area contributed by atoms with Crippen molar-refractivity contribution in [3.63, 3.8) is 0 Å². The Morgan fingerprint density at radius 1 is 1.14 bits per heavy atom. The lowest BCUT2D eigenvalue weighted by Crippen LogP contribution is -2.52. The number of nitrogens with zero attached hydrogens (tertiary/aromatic N) is 1. The third kappa shape index (κ3) is 4.64. The summed E-state index contributed by atoms with van der Waals surface area (Å²) in [6, 6.07) is 12.2. The van der Waals surface area contributed by atoms with E-state index in [1.807, 2.05) is 36.4 Å². The third-order valence-corrected chi connectivity index (χ3v) is 7.86. The monoisotopic (exact) mass is 612 g/mol. The molecule has 2 aromatic carbocycles. The van der Waals surface area contributed by atoms with E-state index >= 15 is 0 Å². The second kappa shape index (κ2) is 9.31. The Labute approximate surface area is 230 Å². The molecule has 36 heavy (non-hydrogen) atoms. The molecule has 1 aliphatic carbocycles. The highest BCUT2D eigenvalue weighted by molar-refractivity contribution is 9.10. The van der Waals surface area contributed by atoms with Crippen LogP contribution in [0.3, 0.4) is 0 Å². The molecule has 2 fully saturated rings. The van der Waals surface area contributed by atoms with Crippen LogP contribution in [0.25, 0.3) is 0 Å². The molecule has 3 aliphatic rings. The number of carbonyl (C=O) groups is 4. The summed E-state index contributed by atoms with van der Waals surface area (Å²) in [5.74, 6) is -1.81. The standard InChI is InChI=1S/C25H20BrCl3N2O5/c26-16-5-3-15(4-6-16)24(23(35)36-12-25(27,28)29)10-18(24)13-1-2-14-11-31(22(34)17(14)9-13)19-7-8-20(32)30-21(19)33/h1-6,9,18-19H,7-8,10-12H2,(H,30,32,33)/t18-,19?,24-/m1/s1. The zero-order valence-electron chi connectivity index (χ0n) is 18.7. The van der Waals surface area contributed by atoms with Crippen LogP contribution in [-0.2, 0) is 31.1 Å². The van der Waals surface area contributed by atoms with Crippen molar-refractivity contribution < 1.29 is 23.9 Å². The first-order valence-electron chi connectivity index (χ1n) is 11.3.